The van der Waals surface area contributed by atoms with Crippen LogP contribution in [0.25, 0.3) is 0 Å². The minimum Gasteiger partial charge on any atom is -0.503 e. The van der Waals surface area contributed by atoms with E-state index in [1.807, 2.05) is 0 Å². The number of aliphatic hydroxyl groups excluding tert-OH is 1. The number of hydrogen-bond acceptors (Lipinski definition) is 6. The van der Waals surface area contributed by atoms with Gasteiger partial charge in [-0.3, -0.25) is 14.5 Å². The van der Waals surface area contributed by atoms with Crippen LogP contribution in [0.2, 0.25) is 0 Å². The number of aliphatic hydroxyl groups is 1. The van der Waals surface area contributed by atoms with E-state index in [9.17, 15) is 23.1 Å². The highest BCUT2D eigenvalue weighted by atomic mass is 32.2. The van der Waals surface area contributed by atoms with Crippen molar-refractivity contribution in [2.24, 2.45) is 5.14 Å². The molecule has 9 heteroatoms. The van der Waals surface area contributed by atoms with Gasteiger partial charge in [-0.25, -0.2) is 13.6 Å². The molecule has 2 aromatic carbocycles. The van der Waals surface area contributed by atoms with Gasteiger partial charge in [-0.15, -0.1) is 0 Å². The lowest BCUT2D eigenvalue weighted by molar-refractivity contribution is -0.118. The van der Waals surface area contributed by atoms with Crippen LogP contribution in [0.5, 0.6) is 5.75 Å². The molecule has 1 aliphatic heterocycles. The molecule has 0 saturated heterocycles. The molecule has 0 fully saturated rings. The predicted octanol–water partition coefficient (Wildman–Crippen LogP) is 2.22. The molecule has 1 amide bonds. The Labute approximate surface area is 168 Å². The smallest absolute Gasteiger partial charge is 0.294 e. The zero-order chi connectivity index (χ0) is 21.3. The number of carbonyl (C=O) groups excluding carboxylic acids is 2. The van der Waals surface area contributed by atoms with Crippen molar-refractivity contribution in [2.75, 3.05) is 12.0 Å². The zero-order valence-corrected chi connectivity index (χ0v) is 16.6. The van der Waals surface area contributed by atoms with Gasteiger partial charge in [0.05, 0.1) is 23.6 Å². The molecule has 0 spiro atoms. The minimum atomic E-state index is -3.90. The van der Waals surface area contributed by atoms with E-state index in [1.54, 1.807) is 31.2 Å². The Balaban J connectivity index is 2.16. The third-order valence-electron chi connectivity index (χ3n) is 4.68. The van der Waals surface area contributed by atoms with E-state index in [4.69, 9.17) is 9.88 Å². The highest BCUT2D eigenvalue weighted by Crippen LogP contribution is 2.42. The average Bonchev–Trinajstić information content (AvgIpc) is 2.98. The summed E-state index contributed by atoms with van der Waals surface area (Å²) in [5, 5.41) is 15.6. The molecule has 1 atom stereocenters. The van der Waals surface area contributed by atoms with Gasteiger partial charge in [-0.05, 0) is 42.0 Å². The molecule has 152 valence electrons. The fourth-order valence-corrected chi connectivity index (χ4v) is 3.79. The molecule has 0 radical (unpaired) electrons. The Morgan fingerprint density at radius 2 is 1.86 bits per heavy atom. The Hall–Kier alpha value is -3.17. The van der Waals surface area contributed by atoms with Gasteiger partial charge in [0, 0.05) is 12.1 Å². The average molecular weight is 416 g/mol. The third-order valence-corrected chi connectivity index (χ3v) is 5.61. The van der Waals surface area contributed by atoms with Crippen LogP contribution in [0, 0.1) is 0 Å². The summed E-state index contributed by atoms with van der Waals surface area (Å²) in [6.45, 7) is 1.64. The number of Topliss-reactive ketones (excluding diaryl/α,β-unsaturated/α-hetero) is 1. The van der Waals surface area contributed by atoms with Crippen LogP contribution in [-0.4, -0.2) is 32.3 Å². The highest BCUT2D eigenvalue weighted by molar-refractivity contribution is 7.89. The summed E-state index contributed by atoms with van der Waals surface area (Å²) in [7, 11) is -2.41. The number of primary sulfonamides is 1. The van der Waals surface area contributed by atoms with Crippen LogP contribution >= 0.6 is 0 Å². The van der Waals surface area contributed by atoms with E-state index >= 15 is 0 Å². The lowest BCUT2D eigenvalue weighted by Gasteiger charge is -2.27. The summed E-state index contributed by atoms with van der Waals surface area (Å²) >= 11 is 0. The number of hydrogen-bond donors (Lipinski definition) is 2. The number of nitrogens with two attached hydrogens (primary N) is 1. The van der Waals surface area contributed by atoms with Crippen LogP contribution < -0.4 is 14.8 Å². The quantitative estimate of drug-likeness (QED) is 0.743. The SMILES string of the molecule is CCC(=O)C1=C(O)C(=O)N(c2ccc(S(N)(=O)=O)cc2)C1c1cccc(OC)c1. The molecule has 0 bridgehead atoms. The second-order valence-corrected chi connectivity index (χ2v) is 7.99. The molecule has 3 rings (SSSR count). The molecular weight excluding hydrogens is 396 g/mol. The van der Waals surface area contributed by atoms with Gasteiger partial charge in [0.1, 0.15) is 5.75 Å². The molecule has 29 heavy (non-hydrogen) atoms. The van der Waals surface area contributed by atoms with Crippen LogP contribution in [0.15, 0.2) is 64.8 Å². The first-order valence-corrected chi connectivity index (χ1v) is 10.3. The molecule has 0 aromatic heterocycles. The van der Waals surface area contributed by atoms with Crippen molar-refractivity contribution in [3.63, 3.8) is 0 Å². The van der Waals surface area contributed by atoms with Crippen LogP contribution in [0.1, 0.15) is 24.9 Å². The summed E-state index contributed by atoms with van der Waals surface area (Å²) in [4.78, 5) is 26.5. The number of nitrogens with zero attached hydrogens (tertiary/aromatic N) is 1. The molecule has 0 saturated carbocycles. The fourth-order valence-electron chi connectivity index (χ4n) is 3.27. The number of ether oxygens (including phenoxy) is 1. The monoisotopic (exact) mass is 416 g/mol. The minimum absolute atomic E-state index is 0.0127. The van der Waals surface area contributed by atoms with Crippen molar-refractivity contribution < 1.29 is 27.9 Å². The van der Waals surface area contributed by atoms with Crippen molar-refractivity contribution in [3.8, 4) is 5.75 Å². The molecule has 3 N–H and O–H groups in total. The van der Waals surface area contributed by atoms with Gasteiger partial charge in [0.15, 0.2) is 11.5 Å². The fraction of sp³-hybridized carbons (Fsp3) is 0.200. The lowest BCUT2D eigenvalue weighted by Crippen LogP contribution is -2.31. The Bertz CT molecular complexity index is 1110. The maximum Gasteiger partial charge on any atom is 0.294 e. The van der Waals surface area contributed by atoms with E-state index in [-0.39, 0.29) is 22.7 Å². The molecule has 0 aliphatic carbocycles. The number of sulfonamides is 1. The molecule has 1 heterocycles. The maximum atomic E-state index is 12.8. The van der Waals surface area contributed by atoms with Crippen molar-refractivity contribution in [1.82, 2.24) is 0 Å². The summed E-state index contributed by atoms with van der Waals surface area (Å²) in [5.74, 6) is -1.22. The van der Waals surface area contributed by atoms with Crippen LogP contribution in [0.4, 0.5) is 5.69 Å². The Kier molecular flexibility index (Phi) is 5.45. The van der Waals surface area contributed by atoms with Gasteiger partial charge in [0.25, 0.3) is 5.91 Å². The Morgan fingerprint density at radius 1 is 1.21 bits per heavy atom. The van der Waals surface area contributed by atoms with Gasteiger partial charge in [0.2, 0.25) is 10.0 Å². The zero-order valence-electron chi connectivity index (χ0n) is 15.8. The van der Waals surface area contributed by atoms with Gasteiger partial charge in [-0.1, -0.05) is 19.1 Å². The van der Waals surface area contributed by atoms with E-state index < -0.39 is 27.7 Å². The van der Waals surface area contributed by atoms with E-state index in [0.29, 0.717) is 17.0 Å². The number of ketones is 1. The van der Waals surface area contributed by atoms with E-state index in [2.05, 4.69) is 0 Å². The second-order valence-electron chi connectivity index (χ2n) is 6.43. The first-order chi connectivity index (χ1) is 13.7. The van der Waals surface area contributed by atoms with Gasteiger partial charge < -0.3 is 9.84 Å². The summed E-state index contributed by atoms with van der Waals surface area (Å²) < 4.78 is 28.3. The standard InChI is InChI=1S/C20H20N2O6S/c1-3-16(23)17-18(12-5-4-6-14(11-12)28-2)22(20(25)19(17)24)13-7-9-15(10-8-13)29(21,26)27/h4-11,18,24H,3H2,1-2H3,(H2,21,26,27). The third kappa shape index (κ3) is 3.74. The number of amides is 1. The summed E-state index contributed by atoms with van der Waals surface area (Å²) in [5.41, 5.74) is 0.857. The van der Waals surface area contributed by atoms with Gasteiger partial charge >= 0.3 is 0 Å². The highest BCUT2D eigenvalue weighted by Gasteiger charge is 2.44. The number of anilines is 1. The first kappa shape index (κ1) is 20.6. The molecule has 1 unspecified atom stereocenters. The first-order valence-electron chi connectivity index (χ1n) is 8.75. The topological polar surface area (TPSA) is 127 Å². The van der Waals surface area contributed by atoms with E-state index in [1.165, 1.54) is 36.3 Å². The van der Waals surface area contributed by atoms with Crippen LogP contribution in [0.3, 0.4) is 0 Å². The molecule has 2 aromatic rings. The van der Waals surface area contributed by atoms with Crippen LogP contribution in [-0.2, 0) is 19.6 Å². The molecule has 8 nitrogen and oxygen atoms in total. The lowest BCUT2D eigenvalue weighted by atomic mass is 9.94. The molecular formula is C20H20N2O6S. The van der Waals surface area contributed by atoms with Crippen molar-refractivity contribution in [2.45, 2.75) is 24.3 Å². The van der Waals surface area contributed by atoms with Crippen molar-refractivity contribution in [3.05, 3.63) is 65.4 Å². The van der Waals surface area contributed by atoms with Crippen molar-refractivity contribution in [1.29, 1.82) is 0 Å². The number of carbonyl (C=O) groups is 2. The number of benzene rings is 2. The largest absolute Gasteiger partial charge is 0.503 e. The summed E-state index contributed by atoms with van der Waals surface area (Å²) in [6, 6.07) is 11.3. The number of methoxy groups -OCH3 is 1. The normalized spacial score (nSPS) is 17.0. The summed E-state index contributed by atoms with van der Waals surface area (Å²) in [6.07, 6.45) is 0.103. The molecule has 1 aliphatic rings. The Morgan fingerprint density at radius 3 is 2.41 bits per heavy atom. The number of rotatable bonds is 6. The van der Waals surface area contributed by atoms with E-state index in [0.717, 1.165) is 0 Å². The van der Waals surface area contributed by atoms with Crippen molar-refractivity contribution >= 4 is 27.4 Å². The second kappa shape index (κ2) is 7.69. The van der Waals surface area contributed by atoms with Gasteiger partial charge in [-0.2, -0.15) is 0 Å². The maximum absolute atomic E-state index is 12.8. The predicted molar refractivity (Wildman–Crippen MR) is 106 cm³/mol.